The van der Waals surface area contributed by atoms with Gasteiger partial charge in [0.2, 0.25) is 0 Å². The molecule has 0 aliphatic heterocycles. The zero-order valence-electron chi connectivity index (χ0n) is 25.1. The van der Waals surface area contributed by atoms with E-state index in [2.05, 4.69) is 158 Å². The summed E-state index contributed by atoms with van der Waals surface area (Å²) >= 11 is 0. The highest BCUT2D eigenvalue weighted by Gasteiger charge is 2.40. The smallest absolute Gasteiger partial charge is 0.159 e. The molecule has 0 bridgehead atoms. The summed E-state index contributed by atoms with van der Waals surface area (Å²) in [7, 11) is 0. The van der Waals surface area contributed by atoms with E-state index >= 15 is 0 Å². The number of furan rings is 1. The third kappa shape index (κ3) is 3.29. The SMILES string of the molecule is CC1(C)c2ccccc2-c2oc3c(ccc4c5ccccc5n(-c5ccc6cc(-c7cccc8ccccc78)ccc6c5)c43)c21. The standard InChI is InChI=1S/C43H29NO/c1-43(2)37-16-7-5-14-35(37)41-39(43)36-23-22-34-33-13-6-8-17-38(33)44(40(34)42(36)45-41)30-21-20-27-24-29(19-18-28(27)25-30)32-15-9-11-26-10-3-4-12-31(26)32/h3-25H,1-2H3. The number of aromatic nitrogens is 1. The highest BCUT2D eigenvalue weighted by Crippen LogP contribution is 2.54. The minimum atomic E-state index is -0.133. The summed E-state index contributed by atoms with van der Waals surface area (Å²) in [4.78, 5) is 0. The molecular formula is C43H29NO. The van der Waals surface area contributed by atoms with Gasteiger partial charge in [0.1, 0.15) is 5.76 Å². The normalized spacial score (nSPS) is 13.7. The maximum atomic E-state index is 6.94. The van der Waals surface area contributed by atoms with Gasteiger partial charge >= 0.3 is 0 Å². The van der Waals surface area contributed by atoms with Crippen LogP contribution in [0.15, 0.2) is 144 Å². The molecule has 2 aromatic heterocycles. The molecule has 0 fully saturated rings. The first-order valence-electron chi connectivity index (χ1n) is 15.7. The third-order valence-electron chi connectivity index (χ3n) is 10.1. The van der Waals surface area contributed by atoms with Gasteiger partial charge in [-0.25, -0.2) is 0 Å². The van der Waals surface area contributed by atoms with Crippen LogP contribution < -0.4 is 0 Å². The van der Waals surface area contributed by atoms with Crippen LogP contribution in [0.3, 0.4) is 0 Å². The number of para-hydroxylation sites is 1. The van der Waals surface area contributed by atoms with Crippen molar-refractivity contribution in [2.75, 3.05) is 0 Å². The van der Waals surface area contributed by atoms with Gasteiger partial charge in [0.25, 0.3) is 0 Å². The Kier molecular flexibility index (Phi) is 4.82. The largest absolute Gasteiger partial charge is 0.453 e. The van der Waals surface area contributed by atoms with Gasteiger partial charge in [-0.1, -0.05) is 129 Å². The first kappa shape index (κ1) is 24.8. The molecule has 2 heterocycles. The Labute approximate surface area is 260 Å². The van der Waals surface area contributed by atoms with Crippen LogP contribution in [0.25, 0.3) is 82.5 Å². The number of nitrogens with zero attached hydrogens (tertiary/aromatic N) is 1. The van der Waals surface area contributed by atoms with Crippen molar-refractivity contribution in [2.24, 2.45) is 0 Å². The highest BCUT2D eigenvalue weighted by atomic mass is 16.3. The molecule has 9 aromatic rings. The van der Waals surface area contributed by atoms with Gasteiger partial charge in [-0.05, 0) is 62.5 Å². The Morgan fingerprint density at radius 3 is 2.18 bits per heavy atom. The van der Waals surface area contributed by atoms with Crippen molar-refractivity contribution >= 4 is 54.3 Å². The van der Waals surface area contributed by atoms with Crippen molar-refractivity contribution in [1.82, 2.24) is 4.57 Å². The van der Waals surface area contributed by atoms with E-state index in [0.717, 1.165) is 22.5 Å². The molecule has 0 atom stereocenters. The summed E-state index contributed by atoms with van der Waals surface area (Å²) in [6.45, 7) is 4.64. The summed E-state index contributed by atoms with van der Waals surface area (Å²) in [6, 6.07) is 50.9. The van der Waals surface area contributed by atoms with E-state index in [0.29, 0.717) is 0 Å². The molecule has 45 heavy (non-hydrogen) atoms. The Hall–Kier alpha value is -5.60. The average molecular weight is 576 g/mol. The fraction of sp³-hybridized carbons (Fsp3) is 0.0698. The van der Waals surface area contributed by atoms with Crippen LogP contribution in [-0.4, -0.2) is 4.57 Å². The predicted octanol–water partition coefficient (Wildman–Crippen LogP) is 11.8. The van der Waals surface area contributed by atoms with Crippen molar-refractivity contribution in [3.63, 3.8) is 0 Å². The zero-order valence-corrected chi connectivity index (χ0v) is 25.1. The second-order valence-electron chi connectivity index (χ2n) is 12.9. The molecule has 0 amide bonds. The van der Waals surface area contributed by atoms with Gasteiger partial charge in [-0.2, -0.15) is 0 Å². The monoisotopic (exact) mass is 575 g/mol. The van der Waals surface area contributed by atoms with Gasteiger partial charge in [0.15, 0.2) is 5.58 Å². The number of hydrogen-bond donors (Lipinski definition) is 0. The molecule has 212 valence electrons. The molecular weight excluding hydrogens is 546 g/mol. The molecule has 0 spiro atoms. The predicted molar refractivity (Wildman–Crippen MR) is 189 cm³/mol. The van der Waals surface area contributed by atoms with Crippen molar-refractivity contribution in [2.45, 2.75) is 19.3 Å². The second-order valence-corrected chi connectivity index (χ2v) is 12.9. The summed E-state index contributed by atoms with van der Waals surface area (Å²) in [5.41, 5.74) is 10.6. The first-order chi connectivity index (χ1) is 22.1. The Morgan fingerprint density at radius 1 is 0.533 bits per heavy atom. The van der Waals surface area contributed by atoms with Crippen molar-refractivity contribution in [3.05, 3.63) is 151 Å². The molecule has 0 N–H and O–H groups in total. The molecule has 1 aliphatic carbocycles. The topological polar surface area (TPSA) is 18.1 Å². The van der Waals surface area contributed by atoms with E-state index < -0.39 is 0 Å². The Balaban J connectivity index is 1.22. The molecule has 0 radical (unpaired) electrons. The van der Waals surface area contributed by atoms with E-state index in [4.69, 9.17) is 4.42 Å². The molecule has 10 rings (SSSR count). The lowest BCUT2D eigenvalue weighted by Crippen LogP contribution is -2.14. The van der Waals surface area contributed by atoms with Crippen LogP contribution in [0.1, 0.15) is 25.0 Å². The van der Waals surface area contributed by atoms with Crippen molar-refractivity contribution < 1.29 is 4.42 Å². The van der Waals surface area contributed by atoms with Crippen molar-refractivity contribution in [1.29, 1.82) is 0 Å². The molecule has 2 heteroatoms. The second kappa shape index (κ2) is 8.74. The number of benzene rings is 7. The summed E-state index contributed by atoms with van der Waals surface area (Å²) < 4.78 is 9.35. The summed E-state index contributed by atoms with van der Waals surface area (Å²) in [5.74, 6) is 1.01. The minimum absolute atomic E-state index is 0.133. The lowest BCUT2D eigenvalue weighted by Gasteiger charge is -2.20. The van der Waals surface area contributed by atoms with Crippen LogP contribution in [-0.2, 0) is 5.41 Å². The van der Waals surface area contributed by atoms with Crippen LogP contribution >= 0.6 is 0 Å². The van der Waals surface area contributed by atoms with Crippen LogP contribution in [0.4, 0.5) is 0 Å². The van der Waals surface area contributed by atoms with Gasteiger partial charge in [0.05, 0.1) is 11.0 Å². The lowest BCUT2D eigenvalue weighted by molar-refractivity contribution is 0.621. The van der Waals surface area contributed by atoms with Crippen LogP contribution in [0, 0.1) is 0 Å². The van der Waals surface area contributed by atoms with Gasteiger partial charge in [-0.3, -0.25) is 0 Å². The Bertz CT molecular complexity index is 2680. The minimum Gasteiger partial charge on any atom is -0.453 e. The van der Waals surface area contributed by atoms with Gasteiger partial charge in [0, 0.05) is 38.4 Å². The molecule has 0 saturated heterocycles. The fourth-order valence-corrected chi connectivity index (χ4v) is 8.06. The highest BCUT2D eigenvalue weighted by molar-refractivity contribution is 6.18. The zero-order chi connectivity index (χ0) is 29.9. The quantitative estimate of drug-likeness (QED) is 0.200. The molecule has 0 unspecified atom stereocenters. The molecule has 1 aliphatic rings. The van der Waals surface area contributed by atoms with Gasteiger partial charge < -0.3 is 8.98 Å². The molecule has 7 aromatic carbocycles. The Morgan fingerprint density at radius 2 is 1.24 bits per heavy atom. The van der Waals surface area contributed by atoms with E-state index in [1.165, 1.54) is 71.0 Å². The average Bonchev–Trinajstić information content (AvgIpc) is 3.71. The number of fused-ring (bicyclic) bond motifs is 11. The lowest BCUT2D eigenvalue weighted by atomic mass is 9.81. The van der Waals surface area contributed by atoms with Crippen LogP contribution in [0.2, 0.25) is 0 Å². The number of hydrogen-bond acceptors (Lipinski definition) is 1. The molecule has 2 nitrogen and oxygen atoms in total. The summed E-state index contributed by atoms with van der Waals surface area (Å²) in [6.07, 6.45) is 0. The van der Waals surface area contributed by atoms with Crippen LogP contribution in [0.5, 0.6) is 0 Å². The number of rotatable bonds is 2. The third-order valence-corrected chi connectivity index (χ3v) is 10.1. The summed E-state index contributed by atoms with van der Waals surface area (Å²) in [5, 5.41) is 8.63. The van der Waals surface area contributed by atoms with Crippen molar-refractivity contribution in [3.8, 4) is 28.1 Å². The van der Waals surface area contributed by atoms with E-state index in [9.17, 15) is 0 Å². The maximum Gasteiger partial charge on any atom is 0.159 e. The van der Waals surface area contributed by atoms with Gasteiger partial charge in [-0.15, -0.1) is 0 Å². The van der Waals surface area contributed by atoms with E-state index in [1.807, 2.05) is 0 Å². The fourth-order valence-electron chi connectivity index (χ4n) is 8.06. The molecule has 0 saturated carbocycles. The maximum absolute atomic E-state index is 6.94. The van der Waals surface area contributed by atoms with E-state index in [1.54, 1.807) is 0 Å². The first-order valence-corrected chi connectivity index (χ1v) is 15.7. The van der Waals surface area contributed by atoms with E-state index in [-0.39, 0.29) is 5.41 Å².